The third-order valence-corrected chi connectivity index (χ3v) is 1.87. The molecule has 0 aliphatic heterocycles. The molecule has 3 nitrogen and oxygen atoms in total. The second-order valence-corrected chi connectivity index (χ2v) is 3.32. The maximum absolute atomic E-state index is 11.3. The topological polar surface area (TPSA) is 38.3 Å². The van der Waals surface area contributed by atoms with Gasteiger partial charge in [-0.3, -0.25) is 4.79 Å². The van der Waals surface area contributed by atoms with Crippen molar-refractivity contribution in [1.82, 2.24) is 5.32 Å². The molecule has 0 radical (unpaired) electrons. The molecule has 88 valence electrons. The Bertz CT molecular complexity index is 150. The van der Waals surface area contributed by atoms with E-state index in [0.29, 0.717) is 0 Å². The average Bonchev–Trinajstić information content (AvgIpc) is 2.21. The molecule has 1 amide bonds. The zero-order valence-electron chi connectivity index (χ0n) is 10.4. The van der Waals surface area contributed by atoms with Crippen molar-refractivity contribution < 1.29 is 11.0 Å². The van der Waals surface area contributed by atoms with Gasteiger partial charge in [0.15, 0.2) is 0 Å². The lowest BCUT2D eigenvalue weighted by Crippen LogP contribution is -2.43. The molecule has 0 rings (SSSR count). The van der Waals surface area contributed by atoms with E-state index in [1.807, 2.05) is 13.8 Å². The predicted octanol–water partition coefficient (Wildman–Crippen LogP) is 2.60. The van der Waals surface area contributed by atoms with Crippen LogP contribution in [0.2, 0.25) is 0 Å². The van der Waals surface area contributed by atoms with Crippen LogP contribution in [0.15, 0.2) is 0 Å². The molecule has 0 fully saturated rings. The summed E-state index contributed by atoms with van der Waals surface area (Å²) < 4.78 is 5.02. The lowest BCUT2D eigenvalue weighted by Gasteiger charge is -2.21. The van der Waals surface area contributed by atoms with Gasteiger partial charge in [0.1, 0.15) is 5.60 Å². The standard InChI is InChI=1S/C9H19NO2.C2H6.H2/c1-5-6-7-10-8(11)9(2,3)12-4;1-2;/h5-7H2,1-4H3,(H,10,11);1-2H3;1H. The van der Waals surface area contributed by atoms with Crippen LogP contribution in [0.5, 0.6) is 0 Å². The second kappa shape index (κ2) is 9.00. The highest BCUT2D eigenvalue weighted by molar-refractivity contribution is 5.84. The van der Waals surface area contributed by atoms with E-state index in [0.717, 1.165) is 19.4 Å². The van der Waals surface area contributed by atoms with Gasteiger partial charge in [0.25, 0.3) is 5.91 Å². The van der Waals surface area contributed by atoms with E-state index in [-0.39, 0.29) is 7.33 Å². The van der Waals surface area contributed by atoms with E-state index < -0.39 is 5.60 Å². The number of carbonyl (C=O) groups excluding carboxylic acids is 1. The fourth-order valence-corrected chi connectivity index (χ4v) is 0.684. The first-order chi connectivity index (χ1) is 6.54. The van der Waals surface area contributed by atoms with Gasteiger partial charge in [0, 0.05) is 15.1 Å². The summed E-state index contributed by atoms with van der Waals surface area (Å²) in [6.45, 7) is 10.3. The molecule has 0 aliphatic rings. The van der Waals surface area contributed by atoms with E-state index in [4.69, 9.17) is 4.74 Å². The van der Waals surface area contributed by atoms with Gasteiger partial charge in [-0.1, -0.05) is 27.2 Å². The van der Waals surface area contributed by atoms with Crippen molar-refractivity contribution in [3.63, 3.8) is 0 Å². The van der Waals surface area contributed by atoms with E-state index in [9.17, 15) is 4.79 Å². The fourth-order valence-electron chi connectivity index (χ4n) is 0.684. The quantitative estimate of drug-likeness (QED) is 0.701. The predicted molar refractivity (Wildman–Crippen MR) is 62.5 cm³/mol. The molecule has 0 aromatic heterocycles. The molecule has 0 atom stereocenters. The number of unbranched alkanes of at least 4 members (excludes halogenated alkanes) is 1. The Labute approximate surface area is 89.7 Å². The van der Waals surface area contributed by atoms with Crippen molar-refractivity contribution in [1.29, 1.82) is 0 Å². The molecule has 0 saturated heterocycles. The van der Waals surface area contributed by atoms with Crippen LogP contribution in [0, 0.1) is 0 Å². The van der Waals surface area contributed by atoms with E-state index in [1.54, 1.807) is 21.0 Å². The summed E-state index contributed by atoms with van der Waals surface area (Å²) in [5, 5.41) is 2.81. The molecule has 14 heavy (non-hydrogen) atoms. The maximum atomic E-state index is 11.3. The van der Waals surface area contributed by atoms with Gasteiger partial charge in [-0.05, 0) is 20.3 Å². The number of rotatable bonds is 5. The molecule has 0 spiro atoms. The Morgan fingerprint density at radius 2 is 1.93 bits per heavy atom. The second-order valence-electron chi connectivity index (χ2n) is 3.32. The molecule has 0 heterocycles. The van der Waals surface area contributed by atoms with Crippen molar-refractivity contribution in [2.45, 2.75) is 53.1 Å². The molecule has 0 saturated carbocycles. The lowest BCUT2D eigenvalue weighted by atomic mass is 10.1. The van der Waals surface area contributed by atoms with Gasteiger partial charge in [-0.25, -0.2) is 0 Å². The average molecular weight is 205 g/mol. The number of carbonyl (C=O) groups is 1. The van der Waals surface area contributed by atoms with E-state index in [1.165, 1.54) is 0 Å². The Morgan fingerprint density at radius 3 is 2.29 bits per heavy atom. The largest absolute Gasteiger partial charge is 0.369 e. The fraction of sp³-hybridized carbons (Fsp3) is 0.909. The zero-order chi connectivity index (χ0) is 11.6. The summed E-state index contributed by atoms with van der Waals surface area (Å²) in [6.07, 6.45) is 2.11. The van der Waals surface area contributed by atoms with Crippen LogP contribution in [-0.2, 0) is 9.53 Å². The molecular weight excluding hydrogens is 178 g/mol. The first-order valence-electron chi connectivity index (χ1n) is 5.38. The van der Waals surface area contributed by atoms with Crippen LogP contribution < -0.4 is 5.32 Å². The van der Waals surface area contributed by atoms with Crippen LogP contribution in [0.25, 0.3) is 0 Å². The van der Waals surface area contributed by atoms with Crippen LogP contribution in [0.3, 0.4) is 0 Å². The molecule has 0 aromatic rings. The minimum atomic E-state index is -0.701. The maximum Gasteiger partial charge on any atom is 0.251 e. The minimum absolute atomic E-state index is 0. The third-order valence-electron chi connectivity index (χ3n) is 1.87. The van der Waals surface area contributed by atoms with Gasteiger partial charge in [0.2, 0.25) is 0 Å². The summed E-state index contributed by atoms with van der Waals surface area (Å²) in [7, 11) is 1.54. The van der Waals surface area contributed by atoms with Gasteiger partial charge in [0.05, 0.1) is 0 Å². The van der Waals surface area contributed by atoms with Crippen molar-refractivity contribution in [3.8, 4) is 0 Å². The van der Waals surface area contributed by atoms with Crippen LogP contribution in [-0.4, -0.2) is 25.2 Å². The first-order valence-corrected chi connectivity index (χ1v) is 5.38. The van der Waals surface area contributed by atoms with Crippen molar-refractivity contribution in [2.75, 3.05) is 13.7 Å². The summed E-state index contributed by atoms with van der Waals surface area (Å²) >= 11 is 0. The molecule has 0 bridgehead atoms. The van der Waals surface area contributed by atoms with E-state index in [2.05, 4.69) is 12.2 Å². The number of ether oxygens (including phenoxy) is 1. The van der Waals surface area contributed by atoms with Crippen molar-refractivity contribution >= 4 is 5.91 Å². The monoisotopic (exact) mass is 205 g/mol. The summed E-state index contributed by atoms with van der Waals surface area (Å²) in [4.78, 5) is 11.3. The summed E-state index contributed by atoms with van der Waals surface area (Å²) in [5.74, 6) is -0.0431. The lowest BCUT2D eigenvalue weighted by molar-refractivity contribution is -0.139. The molecular formula is C11H27NO2. The number of hydrogen-bond donors (Lipinski definition) is 1. The zero-order valence-corrected chi connectivity index (χ0v) is 10.4. The highest BCUT2D eigenvalue weighted by Gasteiger charge is 2.25. The number of hydrogen-bond acceptors (Lipinski definition) is 2. The minimum Gasteiger partial charge on any atom is -0.369 e. The number of amides is 1. The molecule has 1 N–H and O–H groups in total. The Balaban J connectivity index is -0.000000449. The molecule has 3 heteroatoms. The molecule has 0 aromatic carbocycles. The van der Waals surface area contributed by atoms with Crippen molar-refractivity contribution in [3.05, 3.63) is 0 Å². The Morgan fingerprint density at radius 1 is 1.43 bits per heavy atom. The SMILES string of the molecule is CC.CCCCNC(=O)C(C)(C)OC.[HH]. The van der Waals surface area contributed by atoms with Gasteiger partial charge in [-0.15, -0.1) is 0 Å². The number of nitrogens with one attached hydrogen (secondary N) is 1. The summed E-state index contributed by atoms with van der Waals surface area (Å²) in [6, 6.07) is 0. The van der Waals surface area contributed by atoms with Gasteiger partial charge in [-0.2, -0.15) is 0 Å². The van der Waals surface area contributed by atoms with Crippen molar-refractivity contribution in [2.24, 2.45) is 0 Å². The van der Waals surface area contributed by atoms with Gasteiger partial charge < -0.3 is 10.1 Å². The normalized spacial score (nSPS) is 10.1. The van der Waals surface area contributed by atoms with Crippen LogP contribution >= 0.6 is 0 Å². The van der Waals surface area contributed by atoms with Crippen LogP contribution in [0.4, 0.5) is 0 Å². The molecule has 0 aliphatic carbocycles. The molecule has 0 unspecified atom stereocenters. The first kappa shape index (κ1) is 15.9. The highest BCUT2D eigenvalue weighted by Crippen LogP contribution is 2.06. The van der Waals surface area contributed by atoms with Gasteiger partial charge >= 0.3 is 0 Å². The smallest absolute Gasteiger partial charge is 0.251 e. The Kier molecular flexibility index (Phi) is 10.2. The van der Waals surface area contributed by atoms with Crippen LogP contribution in [0.1, 0.15) is 48.9 Å². The van der Waals surface area contributed by atoms with E-state index >= 15 is 0 Å². The summed E-state index contributed by atoms with van der Waals surface area (Å²) in [5.41, 5.74) is -0.701. The number of methoxy groups -OCH3 is 1. The third kappa shape index (κ3) is 6.89. The highest BCUT2D eigenvalue weighted by atomic mass is 16.5. The Hall–Kier alpha value is -0.570.